The lowest BCUT2D eigenvalue weighted by atomic mass is 10.2. The third-order valence-electron chi connectivity index (χ3n) is 3.34. The summed E-state index contributed by atoms with van der Waals surface area (Å²) in [7, 11) is -7.96. The molecule has 2 aromatic heterocycles. The lowest BCUT2D eigenvalue weighted by Crippen LogP contribution is -2.43. The molecule has 0 aliphatic heterocycles. The molecule has 0 saturated carbocycles. The van der Waals surface area contributed by atoms with Gasteiger partial charge in [0.25, 0.3) is 10.2 Å². The van der Waals surface area contributed by atoms with Crippen LogP contribution in [0.25, 0.3) is 0 Å². The highest BCUT2D eigenvalue weighted by atomic mass is 32.2. The molecule has 0 saturated heterocycles. The summed E-state index contributed by atoms with van der Waals surface area (Å²) in [6.45, 7) is 7.74. The lowest BCUT2D eigenvalue weighted by Gasteiger charge is -2.20. The monoisotopic (exact) mass is 540 g/mol. The second kappa shape index (κ2) is 12.2. The standard InChI is InChI=1S/C11H17FN4O4S.C6H9FN4O2S/c1-7(9-13-5-8(12)6-14-9)15-21(18,19)16-10(17)20-11(2,3)4;1-4(11-14(8,12)13)6-9-2-5(7)3-10-6/h5-7,15H,1-4H3,(H,16,17);2-4,11H,1H3,(H2,8,12,13)/t7-;4-/m00/s1. The molecule has 2 atom stereocenters. The second-order valence-electron chi connectivity index (χ2n) is 7.85. The number of hydrogen-bond donors (Lipinski definition) is 4. The van der Waals surface area contributed by atoms with Crippen molar-refractivity contribution in [3.8, 4) is 0 Å². The van der Waals surface area contributed by atoms with Gasteiger partial charge in [0.1, 0.15) is 17.2 Å². The first-order valence-corrected chi connectivity index (χ1v) is 12.7. The number of carbonyl (C=O) groups excluding carboxylic acids is 1. The molecule has 0 aliphatic rings. The van der Waals surface area contributed by atoms with Crippen LogP contribution < -0.4 is 19.3 Å². The van der Waals surface area contributed by atoms with E-state index < -0.39 is 55.8 Å². The number of ether oxygens (including phenoxy) is 1. The third kappa shape index (κ3) is 12.9. The Morgan fingerprint density at radius 3 is 1.60 bits per heavy atom. The number of rotatable bonds is 7. The molecule has 0 spiro atoms. The van der Waals surface area contributed by atoms with E-state index in [0.717, 1.165) is 24.8 Å². The summed E-state index contributed by atoms with van der Waals surface area (Å²) >= 11 is 0. The summed E-state index contributed by atoms with van der Waals surface area (Å²) in [6.07, 6.45) is 2.61. The van der Waals surface area contributed by atoms with Crippen LogP contribution in [0, 0.1) is 11.6 Å². The normalized spacial score (nSPS) is 13.7. The maximum atomic E-state index is 12.7. The molecule has 2 heterocycles. The van der Waals surface area contributed by atoms with Crippen molar-refractivity contribution in [2.75, 3.05) is 0 Å². The number of amides is 1. The summed E-state index contributed by atoms with van der Waals surface area (Å²) in [6, 6.07) is -1.55. The Hall–Kier alpha value is -2.93. The van der Waals surface area contributed by atoms with Crippen LogP contribution >= 0.6 is 0 Å². The van der Waals surface area contributed by atoms with Crippen LogP contribution in [0.15, 0.2) is 24.8 Å². The molecule has 1 amide bonds. The van der Waals surface area contributed by atoms with Crippen molar-refractivity contribution in [2.24, 2.45) is 5.14 Å². The van der Waals surface area contributed by atoms with Gasteiger partial charge in [0.05, 0.1) is 36.9 Å². The number of nitrogens with two attached hydrogens (primary N) is 1. The first-order chi connectivity index (χ1) is 15.9. The maximum Gasteiger partial charge on any atom is 0.422 e. The van der Waals surface area contributed by atoms with Gasteiger partial charge < -0.3 is 4.74 Å². The third-order valence-corrected chi connectivity index (χ3v) is 5.13. The van der Waals surface area contributed by atoms with Crippen LogP contribution in [0.5, 0.6) is 0 Å². The minimum atomic E-state index is -4.16. The Morgan fingerprint density at radius 1 is 0.886 bits per heavy atom. The van der Waals surface area contributed by atoms with Crippen LogP contribution in [-0.4, -0.2) is 48.5 Å². The topological polar surface area (TPSA) is 208 Å². The summed E-state index contributed by atoms with van der Waals surface area (Å²) < 4.78 is 80.5. The van der Waals surface area contributed by atoms with Gasteiger partial charge in [-0.3, -0.25) is 0 Å². The van der Waals surface area contributed by atoms with E-state index in [9.17, 15) is 30.4 Å². The molecule has 0 bridgehead atoms. The number of nitrogens with one attached hydrogen (secondary N) is 3. The maximum absolute atomic E-state index is 12.7. The van der Waals surface area contributed by atoms with Crippen molar-refractivity contribution in [1.82, 2.24) is 34.1 Å². The minimum absolute atomic E-state index is 0.0611. The quantitative estimate of drug-likeness (QED) is 0.382. The van der Waals surface area contributed by atoms with Gasteiger partial charge in [-0.05, 0) is 34.6 Å². The first-order valence-electron chi connectivity index (χ1n) is 9.65. The van der Waals surface area contributed by atoms with Gasteiger partial charge in [-0.25, -0.2) is 43.4 Å². The van der Waals surface area contributed by atoms with E-state index in [4.69, 9.17) is 9.88 Å². The van der Waals surface area contributed by atoms with Crippen LogP contribution in [0.3, 0.4) is 0 Å². The summed E-state index contributed by atoms with van der Waals surface area (Å²) in [5.41, 5.74) is -0.828. The van der Waals surface area contributed by atoms with E-state index in [1.54, 1.807) is 25.5 Å². The molecule has 2 rings (SSSR count). The zero-order valence-corrected chi connectivity index (χ0v) is 21.0. The molecule has 18 heteroatoms. The number of nitrogens with zero attached hydrogens (tertiary/aromatic N) is 4. The molecule has 0 aromatic carbocycles. The fourth-order valence-corrected chi connectivity index (χ4v) is 3.60. The predicted octanol–water partition coefficient (Wildman–Crippen LogP) is 0.506. The molecule has 196 valence electrons. The molecular formula is C17H26F2N8O6S2. The van der Waals surface area contributed by atoms with Crippen molar-refractivity contribution in [1.29, 1.82) is 0 Å². The number of carbonyl (C=O) groups is 1. The first kappa shape index (κ1) is 30.1. The van der Waals surface area contributed by atoms with Crippen molar-refractivity contribution >= 4 is 26.5 Å². The SMILES string of the molecule is C[C@H](NS(=O)(=O)NC(=O)OC(C)(C)C)c1ncc(F)cn1.C[C@H](NS(N)(=O)=O)c1ncc(F)cn1. The van der Waals surface area contributed by atoms with Crippen LogP contribution in [0.4, 0.5) is 13.6 Å². The van der Waals surface area contributed by atoms with Gasteiger partial charge in [-0.15, -0.1) is 0 Å². The summed E-state index contributed by atoms with van der Waals surface area (Å²) in [5.74, 6) is -1.01. The summed E-state index contributed by atoms with van der Waals surface area (Å²) in [4.78, 5) is 25.9. The highest BCUT2D eigenvalue weighted by Gasteiger charge is 2.23. The van der Waals surface area contributed by atoms with Gasteiger partial charge in [0, 0.05) is 0 Å². The highest BCUT2D eigenvalue weighted by molar-refractivity contribution is 7.88. The Balaban J connectivity index is 0.000000379. The molecule has 0 radical (unpaired) electrons. The minimum Gasteiger partial charge on any atom is -0.443 e. The molecule has 2 aromatic rings. The van der Waals surface area contributed by atoms with E-state index in [0.29, 0.717) is 0 Å². The largest absolute Gasteiger partial charge is 0.443 e. The van der Waals surface area contributed by atoms with Crippen LogP contribution in [0.1, 0.15) is 58.4 Å². The van der Waals surface area contributed by atoms with Gasteiger partial charge in [-0.2, -0.15) is 26.3 Å². The van der Waals surface area contributed by atoms with Crippen LogP contribution in [-0.2, 0) is 25.2 Å². The molecule has 35 heavy (non-hydrogen) atoms. The molecule has 5 N–H and O–H groups in total. The predicted molar refractivity (Wildman–Crippen MR) is 118 cm³/mol. The second-order valence-corrected chi connectivity index (χ2v) is 10.6. The fraction of sp³-hybridized carbons (Fsp3) is 0.471. The lowest BCUT2D eigenvalue weighted by molar-refractivity contribution is 0.0569. The van der Waals surface area contributed by atoms with Crippen molar-refractivity contribution < 1.29 is 35.1 Å². The van der Waals surface area contributed by atoms with Gasteiger partial charge in [-0.1, -0.05) is 0 Å². The average molecular weight is 541 g/mol. The van der Waals surface area contributed by atoms with Gasteiger partial charge in [0.2, 0.25) is 0 Å². The zero-order valence-electron chi connectivity index (χ0n) is 19.4. The summed E-state index contributed by atoms with van der Waals surface area (Å²) in [5, 5.41) is 4.74. The Labute approximate surface area is 201 Å². The zero-order chi connectivity index (χ0) is 27.0. The van der Waals surface area contributed by atoms with Crippen molar-refractivity contribution in [3.63, 3.8) is 0 Å². The Bertz CT molecular complexity index is 1190. The van der Waals surface area contributed by atoms with Crippen molar-refractivity contribution in [2.45, 2.75) is 52.3 Å². The van der Waals surface area contributed by atoms with Crippen molar-refractivity contribution in [3.05, 3.63) is 48.1 Å². The van der Waals surface area contributed by atoms with Gasteiger partial charge in [0.15, 0.2) is 11.6 Å². The molecule has 0 unspecified atom stereocenters. The molecule has 0 fully saturated rings. The Morgan fingerprint density at radius 2 is 1.26 bits per heavy atom. The number of hydrogen-bond acceptors (Lipinski definition) is 10. The van der Waals surface area contributed by atoms with E-state index in [2.05, 4.69) is 29.4 Å². The molecule has 0 aliphatic carbocycles. The average Bonchev–Trinajstić information content (AvgIpc) is 2.65. The molecule has 14 nitrogen and oxygen atoms in total. The number of halogens is 2. The highest BCUT2D eigenvalue weighted by Crippen LogP contribution is 2.09. The van der Waals surface area contributed by atoms with E-state index in [1.807, 2.05) is 0 Å². The van der Waals surface area contributed by atoms with Crippen LogP contribution in [0.2, 0.25) is 0 Å². The fourth-order valence-electron chi connectivity index (χ4n) is 2.11. The van der Waals surface area contributed by atoms with E-state index >= 15 is 0 Å². The number of aromatic nitrogens is 4. The van der Waals surface area contributed by atoms with Gasteiger partial charge >= 0.3 is 16.3 Å². The van der Waals surface area contributed by atoms with E-state index in [1.165, 1.54) is 13.8 Å². The Kier molecular flexibility index (Phi) is 10.5. The smallest absolute Gasteiger partial charge is 0.422 e. The van der Waals surface area contributed by atoms with E-state index in [-0.39, 0.29) is 11.6 Å². The molecular weight excluding hydrogens is 514 g/mol.